The number of aryl methyl sites for hydroxylation is 1. The molecule has 0 aromatic heterocycles. The van der Waals surface area contributed by atoms with E-state index in [1.165, 1.54) is 23.4 Å². The van der Waals surface area contributed by atoms with Crippen LogP contribution in [0, 0.1) is 6.92 Å². The van der Waals surface area contributed by atoms with E-state index in [9.17, 15) is 21.6 Å². The van der Waals surface area contributed by atoms with Crippen molar-refractivity contribution in [3.63, 3.8) is 0 Å². The first-order valence-corrected chi connectivity index (χ1v) is 9.52. The van der Waals surface area contributed by atoms with Gasteiger partial charge in [-0.05, 0) is 57.0 Å². The van der Waals surface area contributed by atoms with E-state index in [4.69, 9.17) is 0 Å². The fourth-order valence-corrected chi connectivity index (χ4v) is 4.82. The van der Waals surface area contributed by atoms with Crippen LogP contribution in [0.3, 0.4) is 0 Å². The van der Waals surface area contributed by atoms with Gasteiger partial charge in [0.15, 0.2) is 0 Å². The maximum absolute atomic E-state index is 13.1. The summed E-state index contributed by atoms with van der Waals surface area (Å²) in [6.45, 7) is 4.92. The molecule has 1 saturated heterocycles. The minimum absolute atomic E-state index is 0. The molecule has 0 aliphatic carbocycles. The summed E-state index contributed by atoms with van der Waals surface area (Å²) in [6, 6.07) is 3.08. The highest BCUT2D eigenvalue weighted by Crippen LogP contribution is 2.34. The number of sulfonamides is 1. The van der Waals surface area contributed by atoms with E-state index in [1.54, 1.807) is 0 Å². The van der Waals surface area contributed by atoms with Gasteiger partial charge in [0.25, 0.3) is 0 Å². The van der Waals surface area contributed by atoms with Crippen molar-refractivity contribution in [2.24, 2.45) is 0 Å². The summed E-state index contributed by atoms with van der Waals surface area (Å²) in [5.41, 5.74) is -0.879. The Labute approximate surface area is 153 Å². The van der Waals surface area contributed by atoms with Crippen molar-refractivity contribution in [2.45, 2.75) is 50.2 Å². The van der Waals surface area contributed by atoms with Crippen LogP contribution in [0.2, 0.25) is 0 Å². The van der Waals surface area contributed by atoms with Gasteiger partial charge in [-0.15, -0.1) is 12.4 Å². The van der Waals surface area contributed by atoms with E-state index in [0.717, 1.165) is 6.07 Å². The topological polar surface area (TPSA) is 49.4 Å². The lowest BCUT2D eigenvalue weighted by Crippen LogP contribution is -2.46. The number of rotatable bonds is 5. The first kappa shape index (κ1) is 22.2. The number of hydrogen-bond acceptors (Lipinski definition) is 3. The molecule has 1 heterocycles. The zero-order valence-electron chi connectivity index (χ0n) is 14.3. The van der Waals surface area contributed by atoms with Gasteiger partial charge in [-0.3, -0.25) is 0 Å². The third-order valence-corrected chi connectivity index (χ3v) is 6.23. The average molecular weight is 401 g/mol. The lowest BCUT2D eigenvalue weighted by Gasteiger charge is -2.33. The monoisotopic (exact) mass is 400 g/mol. The normalized spacial score (nSPS) is 16.7. The third kappa shape index (κ3) is 5.09. The van der Waals surface area contributed by atoms with Gasteiger partial charge < -0.3 is 5.32 Å². The van der Waals surface area contributed by atoms with Gasteiger partial charge in [0.2, 0.25) is 10.0 Å². The SMILES string of the molecule is CCCN(C1CCNCC1)S(=O)(=O)c1ccc(C)c(C(F)(F)F)c1.Cl. The van der Waals surface area contributed by atoms with Gasteiger partial charge in [-0.1, -0.05) is 13.0 Å². The van der Waals surface area contributed by atoms with Crippen molar-refractivity contribution in [3.8, 4) is 0 Å². The number of benzene rings is 1. The molecule has 0 atom stereocenters. The van der Waals surface area contributed by atoms with E-state index in [2.05, 4.69) is 5.32 Å². The molecule has 9 heteroatoms. The summed E-state index contributed by atoms with van der Waals surface area (Å²) in [5.74, 6) is 0. The smallest absolute Gasteiger partial charge is 0.317 e. The van der Waals surface area contributed by atoms with Crippen molar-refractivity contribution >= 4 is 22.4 Å². The molecule has 1 aromatic rings. The molecular weight excluding hydrogens is 377 g/mol. The van der Waals surface area contributed by atoms with Crippen molar-refractivity contribution in [2.75, 3.05) is 19.6 Å². The van der Waals surface area contributed by atoms with Gasteiger partial charge in [0, 0.05) is 12.6 Å². The standard InChI is InChI=1S/C16H23F3N2O2S.ClH/c1-3-10-21(13-6-8-20-9-7-13)24(22,23)14-5-4-12(2)15(11-14)16(17,18)19;/h4-5,11,13,20H,3,6-10H2,1-2H3;1H. The second-order valence-electron chi connectivity index (χ2n) is 6.07. The Kier molecular flexibility index (Phi) is 7.73. The molecule has 2 rings (SSSR count). The van der Waals surface area contributed by atoms with Gasteiger partial charge in [-0.2, -0.15) is 17.5 Å². The van der Waals surface area contributed by atoms with Crippen molar-refractivity contribution < 1.29 is 21.6 Å². The van der Waals surface area contributed by atoms with E-state index in [-0.39, 0.29) is 28.9 Å². The molecule has 1 aromatic carbocycles. The lowest BCUT2D eigenvalue weighted by atomic mass is 10.1. The fraction of sp³-hybridized carbons (Fsp3) is 0.625. The quantitative estimate of drug-likeness (QED) is 0.821. The van der Waals surface area contributed by atoms with Crippen LogP contribution in [0.25, 0.3) is 0 Å². The molecule has 0 saturated carbocycles. The van der Waals surface area contributed by atoms with Crippen LogP contribution in [0.4, 0.5) is 13.2 Å². The molecule has 1 aliphatic heterocycles. The summed E-state index contributed by atoms with van der Waals surface area (Å²) < 4.78 is 66.6. The highest BCUT2D eigenvalue weighted by molar-refractivity contribution is 7.89. The molecule has 0 unspecified atom stereocenters. The minimum Gasteiger partial charge on any atom is -0.317 e. The van der Waals surface area contributed by atoms with Crippen LogP contribution >= 0.6 is 12.4 Å². The highest BCUT2D eigenvalue weighted by atomic mass is 35.5. The van der Waals surface area contributed by atoms with Gasteiger partial charge in [0.05, 0.1) is 10.5 Å². The summed E-state index contributed by atoms with van der Waals surface area (Å²) in [5, 5.41) is 3.17. The molecule has 1 fully saturated rings. The second kappa shape index (κ2) is 8.70. The molecule has 4 nitrogen and oxygen atoms in total. The number of halogens is 4. The van der Waals surface area contributed by atoms with Crippen LogP contribution in [-0.4, -0.2) is 38.4 Å². The van der Waals surface area contributed by atoms with Gasteiger partial charge in [0.1, 0.15) is 0 Å². The maximum Gasteiger partial charge on any atom is 0.416 e. The van der Waals surface area contributed by atoms with Gasteiger partial charge in [-0.25, -0.2) is 8.42 Å². The average Bonchev–Trinajstić information content (AvgIpc) is 2.52. The number of piperidine rings is 1. The summed E-state index contributed by atoms with van der Waals surface area (Å²) in [4.78, 5) is -0.285. The van der Waals surface area contributed by atoms with Crippen LogP contribution in [0.5, 0.6) is 0 Å². The predicted octanol–water partition coefficient (Wildman–Crippen LogP) is 3.59. The Balaban J connectivity index is 0.00000312. The molecule has 0 bridgehead atoms. The van der Waals surface area contributed by atoms with E-state index in [1.807, 2.05) is 6.92 Å². The van der Waals surface area contributed by atoms with Crippen molar-refractivity contribution in [3.05, 3.63) is 29.3 Å². The van der Waals surface area contributed by atoms with E-state index in [0.29, 0.717) is 38.9 Å². The van der Waals surface area contributed by atoms with Crippen LogP contribution in [0.15, 0.2) is 23.1 Å². The Morgan fingerprint density at radius 1 is 1.24 bits per heavy atom. The molecular formula is C16H24ClF3N2O2S. The Bertz CT molecular complexity index is 674. The van der Waals surface area contributed by atoms with Crippen molar-refractivity contribution in [1.29, 1.82) is 0 Å². The first-order valence-electron chi connectivity index (χ1n) is 8.08. The van der Waals surface area contributed by atoms with E-state index < -0.39 is 21.8 Å². The number of nitrogens with zero attached hydrogens (tertiary/aromatic N) is 1. The van der Waals surface area contributed by atoms with Crippen LogP contribution in [-0.2, 0) is 16.2 Å². The van der Waals surface area contributed by atoms with Crippen molar-refractivity contribution in [1.82, 2.24) is 9.62 Å². The number of alkyl halides is 3. The fourth-order valence-electron chi connectivity index (χ4n) is 3.02. The maximum atomic E-state index is 13.1. The van der Waals surface area contributed by atoms with Gasteiger partial charge >= 0.3 is 6.18 Å². The number of nitrogens with one attached hydrogen (secondary N) is 1. The lowest BCUT2D eigenvalue weighted by molar-refractivity contribution is -0.138. The Hall–Kier alpha value is -0.830. The molecule has 1 aliphatic rings. The second-order valence-corrected chi connectivity index (χ2v) is 7.96. The van der Waals surface area contributed by atoms with E-state index >= 15 is 0 Å². The minimum atomic E-state index is -4.57. The summed E-state index contributed by atoms with van der Waals surface area (Å²) in [7, 11) is -3.96. The predicted molar refractivity (Wildman–Crippen MR) is 93.5 cm³/mol. The highest BCUT2D eigenvalue weighted by Gasteiger charge is 2.36. The van der Waals surface area contributed by atoms with Crippen LogP contribution in [0.1, 0.15) is 37.3 Å². The van der Waals surface area contributed by atoms with Crippen LogP contribution < -0.4 is 5.32 Å². The third-order valence-electron chi connectivity index (χ3n) is 4.28. The molecule has 1 N–H and O–H groups in total. The molecule has 0 spiro atoms. The number of hydrogen-bond donors (Lipinski definition) is 1. The summed E-state index contributed by atoms with van der Waals surface area (Å²) in [6.07, 6.45) is -2.63. The molecule has 144 valence electrons. The Morgan fingerprint density at radius 2 is 1.84 bits per heavy atom. The zero-order valence-corrected chi connectivity index (χ0v) is 15.9. The summed E-state index contributed by atoms with van der Waals surface area (Å²) >= 11 is 0. The molecule has 0 radical (unpaired) electrons. The zero-order chi connectivity index (χ0) is 18.0. The largest absolute Gasteiger partial charge is 0.416 e. The first-order chi connectivity index (χ1) is 11.2. The molecule has 0 amide bonds. The Morgan fingerprint density at radius 3 is 2.36 bits per heavy atom. The molecule has 25 heavy (non-hydrogen) atoms.